The molecule has 1 atom stereocenters. The summed E-state index contributed by atoms with van der Waals surface area (Å²) in [7, 11) is -0.713. The van der Waals surface area contributed by atoms with Crippen LogP contribution in [-0.4, -0.2) is 28.9 Å². The molecule has 4 heteroatoms. The molecule has 0 spiro atoms. The molecule has 14 heavy (non-hydrogen) atoms. The number of rotatable bonds is 3. The Morgan fingerprint density at radius 3 is 2.43 bits per heavy atom. The van der Waals surface area contributed by atoms with Gasteiger partial charge in [0.05, 0.1) is 8.31 Å². The highest BCUT2D eigenvalue weighted by atomic mass is 32.1. The third kappa shape index (κ3) is 4.08. The average Bonchev–Trinajstić information content (AvgIpc) is 2.01. The van der Waals surface area contributed by atoms with Crippen molar-refractivity contribution in [3.63, 3.8) is 0 Å². The Hall–Kier alpha value is 0.744. The lowest BCUT2D eigenvalue weighted by Crippen LogP contribution is -2.41. The second-order valence-corrected chi connectivity index (χ2v) is 15.3. The first kappa shape index (κ1) is 12.8. The first-order chi connectivity index (χ1) is 6.31. The smallest absolute Gasteiger partial charge is 0.147 e. The molecular formula is C10H24OSSi2. The zero-order valence-corrected chi connectivity index (χ0v) is 13.4. The summed E-state index contributed by atoms with van der Waals surface area (Å²) in [6.45, 7) is 10.4. The molecule has 1 rings (SSSR count). The highest BCUT2D eigenvalue weighted by Crippen LogP contribution is 2.41. The van der Waals surface area contributed by atoms with Crippen molar-refractivity contribution in [1.82, 2.24) is 0 Å². The fourth-order valence-electron chi connectivity index (χ4n) is 2.62. The van der Waals surface area contributed by atoms with Gasteiger partial charge in [0, 0.05) is 11.4 Å². The van der Waals surface area contributed by atoms with Gasteiger partial charge < -0.3 is 4.43 Å². The second kappa shape index (κ2) is 4.72. The molecule has 0 aliphatic carbocycles. The van der Waals surface area contributed by atoms with E-state index in [1.165, 1.54) is 18.9 Å². The Bertz CT molecular complexity index is 183. The summed E-state index contributed by atoms with van der Waals surface area (Å²) >= 11 is 4.66. The van der Waals surface area contributed by atoms with E-state index in [1.807, 2.05) is 0 Å². The summed E-state index contributed by atoms with van der Waals surface area (Å²) in [5.74, 6) is 0. The van der Waals surface area contributed by atoms with Crippen molar-refractivity contribution in [3.8, 4) is 0 Å². The van der Waals surface area contributed by atoms with Gasteiger partial charge in [-0.25, -0.2) is 0 Å². The predicted octanol–water partition coefficient (Wildman–Crippen LogP) is 2.09. The van der Waals surface area contributed by atoms with Crippen LogP contribution in [0, 0.1) is 0 Å². The third-order valence-electron chi connectivity index (χ3n) is 3.15. The summed E-state index contributed by atoms with van der Waals surface area (Å²) in [6, 6.07) is 1.52. The van der Waals surface area contributed by atoms with Gasteiger partial charge in [0.25, 0.3) is 0 Å². The number of thiol groups is 1. The predicted molar refractivity (Wildman–Crippen MR) is 72.8 cm³/mol. The molecular weight excluding hydrogens is 224 g/mol. The third-order valence-corrected chi connectivity index (χ3v) is 14.2. The summed E-state index contributed by atoms with van der Waals surface area (Å²) in [4.78, 5) is 0. The van der Waals surface area contributed by atoms with Gasteiger partial charge >= 0.3 is 0 Å². The van der Waals surface area contributed by atoms with Crippen molar-refractivity contribution in [3.05, 3.63) is 0 Å². The van der Waals surface area contributed by atoms with Gasteiger partial charge in [-0.05, 0) is 17.9 Å². The van der Waals surface area contributed by atoms with Crippen LogP contribution >= 0.6 is 12.6 Å². The standard InChI is InChI=1S/C10H24OSSi2/c1-9(2,12)8-10(3,4)14-7-5-6-11-13-14/h12,14H,5-8,13H2,1-4H3. The van der Waals surface area contributed by atoms with Crippen molar-refractivity contribution in [1.29, 1.82) is 0 Å². The van der Waals surface area contributed by atoms with Gasteiger partial charge in [-0.2, -0.15) is 12.6 Å². The normalized spacial score (nSPS) is 26.8. The number of hydrogen-bond donors (Lipinski definition) is 1. The summed E-state index contributed by atoms with van der Waals surface area (Å²) in [5, 5.41) is 0.553. The van der Waals surface area contributed by atoms with Crippen molar-refractivity contribution in [2.75, 3.05) is 6.61 Å². The summed E-state index contributed by atoms with van der Waals surface area (Å²) < 4.78 is 5.94. The zero-order chi connectivity index (χ0) is 10.8. The highest BCUT2D eigenvalue weighted by Gasteiger charge is 2.36. The summed E-state index contributed by atoms with van der Waals surface area (Å²) in [6.07, 6.45) is 2.57. The van der Waals surface area contributed by atoms with Crippen LogP contribution in [0.3, 0.4) is 0 Å². The molecule has 0 aromatic carbocycles. The van der Waals surface area contributed by atoms with E-state index in [0.29, 0.717) is 5.04 Å². The van der Waals surface area contributed by atoms with Gasteiger partial charge in [-0.15, -0.1) is 0 Å². The molecule has 0 aromatic rings. The molecule has 0 aromatic heterocycles. The summed E-state index contributed by atoms with van der Waals surface area (Å²) in [5.41, 5.74) is 0. The van der Waals surface area contributed by atoms with E-state index in [-0.39, 0.29) is 14.0 Å². The van der Waals surface area contributed by atoms with Gasteiger partial charge in [0.2, 0.25) is 0 Å². The molecule has 0 saturated carbocycles. The zero-order valence-electron chi connectivity index (χ0n) is 9.97. The minimum Gasteiger partial charge on any atom is -0.428 e. The maximum absolute atomic E-state index is 5.76. The van der Waals surface area contributed by atoms with E-state index >= 15 is 0 Å². The lowest BCUT2D eigenvalue weighted by molar-refractivity contribution is 0.331. The molecule has 0 bridgehead atoms. The quantitative estimate of drug-likeness (QED) is 0.594. The molecule has 1 nitrogen and oxygen atoms in total. The van der Waals surface area contributed by atoms with Crippen LogP contribution in [0.1, 0.15) is 40.5 Å². The second-order valence-electron chi connectivity index (χ2n) is 5.89. The van der Waals surface area contributed by atoms with Crippen LogP contribution in [0.25, 0.3) is 0 Å². The number of hydrogen-bond acceptors (Lipinski definition) is 2. The molecule has 0 radical (unpaired) electrons. The van der Waals surface area contributed by atoms with Crippen molar-refractivity contribution >= 4 is 30.2 Å². The lowest BCUT2D eigenvalue weighted by atomic mass is 9.99. The van der Waals surface area contributed by atoms with Crippen molar-refractivity contribution < 1.29 is 4.43 Å². The molecule has 1 saturated heterocycles. The Kier molecular flexibility index (Phi) is 4.32. The lowest BCUT2D eigenvalue weighted by Gasteiger charge is -2.39. The van der Waals surface area contributed by atoms with E-state index in [2.05, 4.69) is 40.3 Å². The fourth-order valence-corrected chi connectivity index (χ4v) is 11.2. The van der Waals surface area contributed by atoms with Crippen LogP contribution < -0.4 is 0 Å². The van der Waals surface area contributed by atoms with E-state index in [4.69, 9.17) is 4.43 Å². The van der Waals surface area contributed by atoms with Gasteiger partial charge in [-0.3, -0.25) is 0 Å². The first-order valence-corrected chi connectivity index (χ1v) is 11.3. The maximum atomic E-state index is 5.76. The van der Waals surface area contributed by atoms with Crippen molar-refractivity contribution in [2.24, 2.45) is 0 Å². The van der Waals surface area contributed by atoms with Crippen molar-refractivity contribution in [2.45, 2.75) is 56.4 Å². The van der Waals surface area contributed by atoms with Crippen LogP contribution in [0.4, 0.5) is 0 Å². The van der Waals surface area contributed by atoms with Gasteiger partial charge in [0.1, 0.15) is 9.28 Å². The van der Waals surface area contributed by atoms with Gasteiger partial charge in [0.15, 0.2) is 0 Å². The Morgan fingerprint density at radius 2 is 2.00 bits per heavy atom. The first-order valence-electron chi connectivity index (χ1n) is 5.61. The Morgan fingerprint density at radius 1 is 1.36 bits per heavy atom. The molecule has 1 heterocycles. The topological polar surface area (TPSA) is 9.23 Å². The minimum atomic E-state index is -0.567. The van der Waals surface area contributed by atoms with Gasteiger partial charge in [-0.1, -0.05) is 33.7 Å². The molecule has 1 fully saturated rings. The van der Waals surface area contributed by atoms with E-state index in [9.17, 15) is 0 Å². The van der Waals surface area contributed by atoms with E-state index in [1.54, 1.807) is 0 Å². The van der Waals surface area contributed by atoms with E-state index < -0.39 is 8.31 Å². The maximum Gasteiger partial charge on any atom is 0.147 e. The minimum absolute atomic E-state index is 0.146. The Labute approximate surface area is 97.8 Å². The SMILES string of the molecule is CC(C)(S)CC(C)(C)[SiH]1CCCO[SiH2]1. The van der Waals surface area contributed by atoms with Crippen LogP contribution in [0.15, 0.2) is 0 Å². The largest absolute Gasteiger partial charge is 0.428 e. The molecule has 0 amide bonds. The highest BCUT2D eigenvalue weighted by molar-refractivity contribution is 7.81. The van der Waals surface area contributed by atoms with E-state index in [0.717, 1.165) is 6.61 Å². The Balaban J connectivity index is 2.54. The molecule has 84 valence electrons. The van der Waals surface area contributed by atoms with Crippen LogP contribution in [0.2, 0.25) is 11.1 Å². The molecule has 1 unspecified atom stereocenters. The monoisotopic (exact) mass is 248 g/mol. The average molecular weight is 249 g/mol. The van der Waals surface area contributed by atoms with Crippen LogP contribution in [-0.2, 0) is 4.43 Å². The molecule has 1 aliphatic rings. The van der Waals surface area contributed by atoms with Crippen LogP contribution in [0.5, 0.6) is 0 Å². The molecule has 1 aliphatic heterocycles. The fraction of sp³-hybridized carbons (Fsp3) is 1.00. The molecule has 0 N–H and O–H groups in total.